The number of aromatic nitrogens is 1. The number of hydrogen-bond acceptors (Lipinski definition) is 8. The molecule has 0 spiro atoms. The lowest BCUT2D eigenvalue weighted by Gasteiger charge is -2.34. The summed E-state index contributed by atoms with van der Waals surface area (Å²) in [5, 5.41) is 21.4. The van der Waals surface area contributed by atoms with Crippen molar-refractivity contribution >= 4 is 17.9 Å². The molecule has 2 aliphatic rings. The first kappa shape index (κ1) is 39.1. The topological polar surface area (TPSA) is 154 Å². The van der Waals surface area contributed by atoms with Crippen molar-refractivity contribution in [3.8, 4) is 0 Å². The Bertz CT molecular complexity index is 1140. The van der Waals surface area contributed by atoms with E-state index in [-0.39, 0.29) is 0 Å². The summed E-state index contributed by atoms with van der Waals surface area (Å²) in [6.07, 6.45) is -7.08. The summed E-state index contributed by atoms with van der Waals surface area (Å²) in [7, 11) is 2.18. The first-order chi connectivity index (χ1) is 20.6. The van der Waals surface area contributed by atoms with Crippen molar-refractivity contribution in [2.75, 3.05) is 20.2 Å². The van der Waals surface area contributed by atoms with Gasteiger partial charge in [0.15, 0.2) is 0 Å². The fraction of sp³-hybridized carbons (Fsp3) is 0.520. The monoisotopic (exact) mass is 669 g/mol. The number of rotatable bonds is 5. The van der Waals surface area contributed by atoms with Crippen LogP contribution >= 0.6 is 0 Å². The van der Waals surface area contributed by atoms with Crippen LogP contribution in [0, 0.1) is 0 Å². The molecule has 11 nitrogen and oxygen atoms in total. The zero-order valence-corrected chi connectivity index (χ0v) is 23.1. The van der Waals surface area contributed by atoms with E-state index >= 15 is 0 Å². The molecule has 0 aliphatic carbocycles. The maximum absolute atomic E-state index is 10.6. The van der Waals surface area contributed by atoms with Gasteiger partial charge in [-0.05, 0) is 49.7 Å². The Morgan fingerprint density at radius 1 is 0.911 bits per heavy atom. The minimum absolute atomic E-state index is 0.292. The summed E-state index contributed by atoms with van der Waals surface area (Å²) in [6, 6.07) is 9.13. The van der Waals surface area contributed by atoms with Crippen molar-refractivity contribution in [2.45, 2.75) is 62.6 Å². The van der Waals surface area contributed by atoms with Crippen LogP contribution in [0.1, 0.15) is 24.2 Å². The lowest BCUT2D eigenvalue weighted by atomic mass is 10.00. The molecule has 2 aromatic rings. The van der Waals surface area contributed by atoms with E-state index < -0.39 is 36.4 Å². The molecule has 2 saturated heterocycles. The van der Waals surface area contributed by atoms with Gasteiger partial charge in [0.25, 0.3) is 0 Å². The summed E-state index contributed by atoms with van der Waals surface area (Å²) in [4.78, 5) is 35.8. The summed E-state index contributed by atoms with van der Waals surface area (Å²) in [5.74, 6) is -7.26. The second-order valence-corrected chi connectivity index (χ2v) is 9.30. The third kappa shape index (κ3) is 14.2. The number of carbonyl (C=O) groups is 3. The third-order valence-corrected chi connectivity index (χ3v) is 6.02. The molecular formula is C25H28F9N3O8. The van der Waals surface area contributed by atoms with Crippen molar-refractivity contribution in [3.63, 3.8) is 0 Å². The second kappa shape index (κ2) is 17.0. The molecule has 4 heterocycles. The fourth-order valence-electron chi connectivity index (χ4n) is 4.08. The number of nitrogens with zero attached hydrogens (tertiary/aromatic N) is 3. The van der Waals surface area contributed by atoms with Gasteiger partial charge in [-0.1, -0.05) is 0 Å². The maximum Gasteiger partial charge on any atom is 0.490 e. The number of alkyl halides is 9. The van der Waals surface area contributed by atoms with Crippen LogP contribution in [0.5, 0.6) is 0 Å². The average Bonchev–Trinajstić information content (AvgIpc) is 3.57. The predicted molar refractivity (Wildman–Crippen MR) is 132 cm³/mol. The van der Waals surface area contributed by atoms with E-state index in [0.29, 0.717) is 18.2 Å². The quantitative estimate of drug-likeness (QED) is 0.388. The SMILES string of the molecule is CN(Cc1ccco1)[C@@H]1CN(Cc2ccncc2)[C@@H]2CCCO[C@H]12.O=C(O)C(F)(F)F.O=C(O)C(F)(F)F.O=C(O)C(F)(F)F. The highest BCUT2D eigenvalue weighted by molar-refractivity contribution is 5.73. The molecule has 0 unspecified atom stereocenters. The minimum Gasteiger partial charge on any atom is -0.475 e. The number of hydrogen-bond donors (Lipinski definition) is 3. The van der Waals surface area contributed by atoms with E-state index in [9.17, 15) is 39.5 Å². The first-order valence-corrected chi connectivity index (χ1v) is 12.5. The number of furan rings is 1. The number of carboxylic acid groups (broad SMARTS) is 3. The standard InChI is InChI=1S/C19H25N3O2.3C2HF3O2/c1-21(13-16-4-2-10-23-16)18-14-22(12-15-6-8-20-9-7-15)17-5-3-11-24-19(17)18;3*3-2(4,5)1(6)7/h2,4,6-10,17-19H,3,5,11-14H2,1H3;3*(H,6,7)/t17-,18-,19+;;;/m1.../s1. The zero-order valence-electron chi connectivity index (χ0n) is 23.1. The molecule has 254 valence electrons. The molecular weight excluding hydrogens is 641 g/mol. The van der Waals surface area contributed by atoms with E-state index in [1.165, 1.54) is 12.0 Å². The van der Waals surface area contributed by atoms with Crippen molar-refractivity contribution in [2.24, 2.45) is 0 Å². The molecule has 0 aromatic carbocycles. The van der Waals surface area contributed by atoms with Crippen molar-refractivity contribution < 1.29 is 78.4 Å². The van der Waals surface area contributed by atoms with Crippen LogP contribution < -0.4 is 0 Å². The summed E-state index contributed by atoms with van der Waals surface area (Å²) in [5.41, 5.74) is 1.32. The Balaban J connectivity index is 0.000000396. The normalized spacial score (nSPS) is 19.9. The number of aliphatic carboxylic acids is 3. The van der Waals surface area contributed by atoms with E-state index in [1.54, 1.807) is 6.26 Å². The molecule has 0 saturated carbocycles. The van der Waals surface area contributed by atoms with Gasteiger partial charge in [-0.25, -0.2) is 14.4 Å². The average molecular weight is 669 g/mol. The van der Waals surface area contributed by atoms with Gasteiger partial charge in [-0.2, -0.15) is 39.5 Å². The number of halogens is 9. The number of ether oxygens (including phenoxy) is 1. The Labute approximate surface area is 248 Å². The van der Waals surface area contributed by atoms with Gasteiger partial charge in [0, 0.05) is 38.1 Å². The van der Waals surface area contributed by atoms with Crippen molar-refractivity contribution in [1.29, 1.82) is 0 Å². The molecule has 20 heteroatoms. The Morgan fingerprint density at radius 2 is 1.40 bits per heavy atom. The van der Waals surface area contributed by atoms with Crippen LogP contribution in [-0.2, 0) is 32.2 Å². The van der Waals surface area contributed by atoms with Gasteiger partial charge in [-0.3, -0.25) is 14.8 Å². The Kier molecular flexibility index (Phi) is 14.7. The van der Waals surface area contributed by atoms with Crippen LogP contribution in [0.25, 0.3) is 0 Å². The number of pyridine rings is 1. The van der Waals surface area contributed by atoms with Gasteiger partial charge >= 0.3 is 36.4 Å². The Hall–Kier alpha value is -3.91. The molecule has 3 N–H and O–H groups in total. The molecule has 0 amide bonds. The summed E-state index contributed by atoms with van der Waals surface area (Å²) < 4.78 is 107. The summed E-state index contributed by atoms with van der Waals surface area (Å²) >= 11 is 0. The van der Waals surface area contributed by atoms with E-state index in [2.05, 4.69) is 34.0 Å². The zero-order chi connectivity index (χ0) is 34.6. The minimum atomic E-state index is -5.08. The highest BCUT2D eigenvalue weighted by atomic mass is 19.4. The van der Waals surface area contributed by atoms with Crippen LogP contribution in [0.3, 0.4) is 0 Å². The lowest BCUT2D eigenvalue weighted by Crippen LogP contribution is -2.46. The van der Waals surface area contributed by atoms with Gasteiger partial charge in [0.2, 0.25) is 0 Å². The number of likely N-dealkylation sites (N-methyl/N-ethyl adjacent to an activating group) is 1. The highest BCUT2D eigenvalue weighted by Gasteiger charge is 2.45. The van der Waals surface area contributed by atoms with Gasteiger partial charge in [0.05, 0.1) is 25.0 Å². The highest BCUT2D eigenvalue weighted by Crippen LogP contribution is 2.33. The largest absolute Gasteiger partial charge is 0.490 e. The van der Waals surface area contributed by atoms with Crippen LogP contribution in [0.4, 0.5) is 39.5 Å². The molecule has 45 heavy (non-hydrogen) atoms. The Morgan fingerprint density at radius 3 is 1.82 bits per heavy atom. The molecule has 2 aliphatic heterocycles. The maximum atomic E-state index is 10.6. The fourth-order valence-corrected chi connectivity index (χ4v) is 4.08. The van der Waals surface area contributed by atoms with Gasteiger partial charge in [0.1, 0.15) is 5.76 Å². The van der Waals surface area contributed by atoms with Gasteiger partial charge < -0.3 is 24.5 Å². The van der Waals surface area contributed by atoms with Crippen molar-refractivity contribution in [1.82, 2.24) is 14.8 Å². The van der Waals surface area contributed by atoms with E-state index in [4.69, 9.17) is 38.9 Å². The molecule has 0 radical (unpaired) electrons. The van der Waals surface area contributed by atoms with Crippen LogP contribution in [0.15, 0.2) is 47.3 Å². The summed E-state index contributed by atoms with van der Waals surface area (Å²) in [6.45, 7) is 3.72. The number of carboxylic acids is 3. The van der Waals surface area contributed by atoms with Crippen molar-refractivity contribution in [3.05, 3.63) is 54.2 Å². The smallest absolute Gasteiger partial charge is 0.475 e. The second-order valence-electron chi connectivity index (χ2n) is 9.30. The third-order valence-electron chi connectivity index (χ3n) is 6.02. The molecule has 4 rings (SSSR count). The molecule has 2 aromatic heterocycles. The first-order valence-electron chi connectivity index (χ1n) is 12.5. The van der Waals surface area contributed by atoms with Crippen LogP contribution in [-0.4, -0.2) is 105 Å². The van der Waals surface area contributed by atoms with E-state index in [0.717, 1.165) is 38.4 Å². The molecule has 2 fully saturated rings. The molecule has 0 bridgehead atoms. The van der Waals surface area contributed by atoms with E-state index in [1.807, 2.05) is 24.5 Å². The van der Waals surface area contributed by atoms with Gasteiger partial charge in [-0.15, -0.1) is 0 Å². The number of fused-ring (bicyclic) bond motifs is 1. The number of likely N-dealkylation sites (tertiary alicyclic amines) is 1. The lowest BCUT2D eigenvalue weighted by molar-refractivity contribution is -0.193. The predicted octanol–water partition coefficient (Wildman–Crippen LogP) is 4.44. The van der Waals surface area contributed by atoms with Crippen LogP contribution in [0.2, 0.25) is 0 Å². The molecule has 3 atom stereocenters.